The minimum absolute atomic E-state index is 0.745. The van der Waals surface area contributed by atoms with E-state index in [1.807, 2.05) is 36.4 Å². The van der Waals surface area contributed by atoms with Crippen molar-refractivity contribution < 1.29 is 9.47 Å². The molecule has 0 fully saturated rings. The summed E-state index contributed by atoms with van der Waals surface area (Å²) < 4.78 is 11.8. The summed E-state index contributed by atoms with van der Waals surface area (Å²) in [5.41, 5.74) is 2.86. The molecule has 2 aromatic carbocycles. The smallest absolute Gasteiger partial charge is 0.124 e. The summed E-state index contributed by atoms with van der Waals surface area (Å²) in [6, 6.07) is 13.9. The van der Waals surface area contributed by atoms with E-state index in [0.29, 0.717) is 0 Å². The van der Waals surface area contributed by atoms with E-state index in [1.165, 1.54) is 3.57 Å². The third-order valence-corrected chi connectivity index (χ3v) is 4.01. The standard InChI is InChI=1S/C17H15IN2O2/c1-21-13-8-12(9-14(10-13)22-2)20-17-5-6-19-16-4-3-11(18)7-15(16)17/h3-10H,1-2H3,(H,19,20). The zero-order valence-electron chi connectivity index (χ0n) is 12.3. The fourth-order valence-corrected chi connectivity index (χ4v) is 2.75. The van der Waals surface area contributed by atoms with Crippen LogP contribution in [0.25, 0.3) is 10.9 Å². The van der Waals surface area contributed by atoms with Gasteiger partial charge in [0.15, 0.2) is 0 Å². The minimum atomic E-state index is 0.745. The number of nitrogens with zero attached hydrogens (tertiary/aromatic N) is 1. The van der Waals surface area contributed by atoms with Crippen LogP contribution >= 0.6 is 22.6 Å². The second-order valence-corrected chi connectivity index (χ2v) is 5.99. The predicted octanol–water partition coefficient (Wildman–Crippen LogP) is 4.60. The van der Waals surface area contributed by atoms with Gasteiger partial charge < -0.3 is 14.8 Å². The Morgan fingerprint density at radius 3 is 2.36 bits per heavy atom. The van der Waals surface area contributed by atoms with Crippen LogP contribution in [0.3, 0.4) is 0 Å². The molecule has 4 nitrogen and oxygen atoms in total. The van der Waals surface area contributed by atoms with Gasteiger partial charge in [0.25, 0.3) is 0 Å². The van der Waals surface area contributed by atoms with E-state index < -0.39 is 0 Å². The molecule has 0 amide bonds. The molecule has 0 atom stereocenters. The SMILES string of the molecule is COc1cc(Nc2ccnc3ccc(I)cc23)cc(OC)c1. The van der Waals surface area contributed by atoms with Crippen LogP contribution in [0.5, 0.6) is 11.5 Å². The summed E-state index contributed by atoms with van der Waals surface area (Å²) in [6.07, 6.45) is 1.80. The number of hydrogen-bond donors (Lipinski definition) is 1. The molecule has 1 N–H and O–H groups in total. The van der Waals surface area contributed by atoms with E-state index >= 15 is 0 Å². The number of hydrogen-bond acceptors (Lipinski definition) is 4. The van der Waals surface area contributed by atoms with Gasteiger partial charge in [-0.15, -0.1) is 0 Å². The average Bonchev–Trinajstić information content (AvgIpc) is 2.55. The van der Waals surface area contributed by atoms with Crippen LogP contribution < -0.4 is 14.8 Å². The first-order valence-corrected chi connectivity index (χ1v) is 7.82. The van der Waals surface area contributed by atoms with Crippen LogP contribution in [-0.4, -0.2) is 19.2 Å². The molecule has 0 aliphatic heterocycles. The van der Waals surface area contributed by atoms with Crippen molar-refractivity contribution >= 4 is 44.9 Å². The van der Waals surface area contributed by atoms with Gasteiger partial charge in [0.2, 0.25) is 0 Å². The van der Waals surface area contributed by atoms with Crippen molar-refractivity contribution in [2.75, 3.05) is 19.5 Å². The van der Waals surface area contributed by atoms with Crippen LogP contribution in [-0.2, 0) is 0 Å². The third kappa shape index (κ3) is 3.09. The predicted molar refractivity (Wildman–Crippen MR) is 97.3 cm³/mol. The largest absolute Gasteiger partial charge is 0.497 e. The van der Waals surface area contributed by atoms with Crippen LogP contribution in [0.1, 0.15) is 0 Å². The van der Waals surface area contributed by atoms with Crippen molar-refractivity contribution in [3.05, 3.63) is 52.2 Å². The molecule has 0 saturated heterocycles. The summed E-state index contributed by atoms with van der Waals surface area (Å²) in [4.78, 5) is 4.40. The summed E-state index contributed by atoms with van der Waals surface area (Å²) in [6.45, 7) is 0. The molecule has 0 unspecified atom stereocenters. The second-order valence-electron chi connectivity index (χ2n) is 4.75. The first kappa shape index (κ1) is 14.9. The maximum absolute atomic E-state index is 5.31. The number of methoxy groups -OCH3 is 2. The van der Waals surface area contributed by atoms with Crippen LogP contribution in [0.2, 0.25) is 0 Å². The van der Waals surface area contributed by atoms with Crippen molar-refractivity contribution in [3.63, 3.8) is 0 Å². The van der Waals surface area contributed by atoms with E-state index in [-0.39, 0.29) is 0 Å². The molecule has 0 radical (unpaired) electrons. The topological polar surface area (TPSA) is 43.4 Å². The number of pyridine rings is 1. The number of aromatic nitrogens is 1. The van der Waals surface area contributed by atoms with Gasteiger partial charge in [0, 0.05) is 44.7 Å². The molecule has 5 heteroatoms. The Kier molecular flexibility index (Phi) is 4.33. The molecule has 3 aromatic rings. The van der Waals surface area contributed by atoms with Crippen molar-refractivity contribution in [1.82, 2.24) is 4.98 Å². The first-order chi connectivity index (χ1) is 10.7. The average molecular weight is 406 g/mol. The van der Waals surface area contributed by atoms with E-state index in [0.717, 1.165) is 33.8 Å². The summed E-state index contributed by atoms with van der Waals surface area (Å²) >= 11 is 2.30. The molecular weight excluding hydrogens is 391 g/mol. The number of anilines is 2. The summed E-state index contributed by atoms with van der Waals surface area (Å²) in [5.74, 6) is 1.49. The highest BCUT2D eigenvalue weighted by atomic mass is 127. The Morgan fingerprint density at radius 1 is 0.955 bits per heavy atom. The lowest BCUT2D eigenvalue weighted by Crippen LogP contribution is -1.95. The molecule has 0 aliphatic carbocycles. The van der Waals surface area contributed by atoms with Gasteiger partial charge in [-0.25, -0.2) is 0 Å². The fourth-order valence-electron chi connectivity index (χ4n) is 2.26. The zero-order chi connectivity index (χ0) is 15.5. The third-order valence-electron chi connectivity index (χ3n) is 3.33. The van der Waals surface area contributed by atoms with Gasteiger partial charge in [-0.3, -0.25) is 4.98 Å². The van der Waals surface area contributed by atoms with Gasteiger partial charge in [-0.05, 0) is 46.9 Å². The van der Waals surface area contributed by atoms with Crippen LogP contribution in [0.4, 0.5) is 11.4 Å². The highest BCUT2D eigenvalue weighted by molar-refractivity contribution is 14.1. The van der Waals surface area contributed by atoms with Gasteiger partial charge in [-0.2, -0.15) is 0 Å². The lowest BCUT2D eigenvalue weighted by Gasteiger charge is -2.12. The number of rotatable bonds is 4. The molecule has 0 aliphatic rings. The highest BCUT2D eigenvalue weighted by Gasteiger charge is 2.06. The van der Waals surface area contributed by atoms with Gasteiger partial charge in [0.05, 0.1) is 19.7 Å². The molecule has 1 aromatic heterocycles. The van der Waals surface area contributed by atoms with E-state index in [9.17, 15) is 0 Å². The maximum Gasteiger partial charge on any atom is 0.124 e. The van der Waals surface area contributed by atoms with E-state index in [2.05, 4.69) is 39.0 Å². The van der Waals surface area contributed by atoms with Crippen LogP contribution in [0, 0.1) is 3.57 Å². The molecule has 0 spiro atoms. The van der Waals surface area contributed by atoms with E-state index in [1.54, 1.807) is 20.4 Å². The van der Waals surface area contributed by atoms with Gasteiger partial charge >= 0.3 is 0 Å². The number of nitrogens with one attached hydrogen (secondary N) is 1. The molecule has 3 rings (SSSR count). The molecular formula is C17H15IN2O2. The zero-order valence-corrected chi connectivity index (χ0v) is 14.4. The highest BCUT2D eigenvalue weighted by Crippen LogP contribution is 2.31. The normalized spacial score (nSPS) is 10.5. The Labute approximate surface area is 142 Å². The molecule has 112 valence electrons. The number of benzene rings is 2. The van der Waals surface area contributed by atoms with Crippen molar-refractivity contribution in [2.24, 2.45) is 0 Å². The summed E-state index contributed by atoms with van der Waals surface area (Å²) in [7, 11) is 3.28. The lowest BCUT2D eigenvalue weighted by molar-refractivity contribution is 0.395. The monoisotopic (exact) mass is 406 g/mol. The Balaban J connectivity index is 2.04. The number of ether oxygens (including phenoxy) is 2. The molecule has 1 heterocycles. The number of halogens is 1. The Hall–Kier alpha value is -2.02. The minimum Gasteiger partial charge on any atom is -0.497 e. The Bertz CT molecular complexity index is 799. The molecule has 22 heavy (non-hydrogen) atoms. The van der Waals surface area contributed by atoms with Crippen molar-refractivity contribution in [2.45, 2.75) is 0 Å². The van der Waals surface area contributed by atoms with Crippen molar-refractivity contribution in [3.8, 4) is 11.5 Å². The van der Waals surface area contributed by atoms with Crippen LogP contribution in [0.15, 0.2) is 48.7 Å². The Morgan fingerprint density at radius 2 is 1.68 bits per heavy atom. The second kappa shape index (κ2) is 6.39. The molecule has 0 saturated carbocycles. The summed E-state index contributed by atoms with van der Waals surface area (Å²) in [5, 5.41) is 4.50. The number of fused-ring (bicyclic) bond motifs is 1. The molecule has 0 bridgehead atoms. The first-order valence-electron chi connectivity index (χ1n) is 6.74. The lowest BCUT2D eigenvalue weighted by atomic mass is 10.2. The van der Waals surface area contributed by atoms with Gasteiger partial charge in [-0.1, -0.05) is 0 Å². The maximum atomic E-state index is 5.31. The fraction of sp³-hybridized carbons (Fsp3) is 0.118. The quantitative estimate of drug-likeness (QED) is 0.644. The van der Waals surface area contributed by atoms with Gasteiger partial charge in [0.1, 0.15) is 11.5 Å². The van der Waals surface area contributed by atoms with E-state index in [4.69, 9.17) is 9.47 Å². The van der Waals surface area contributed by atoms with Crippen molar-refractivity contribution in [1.29, 1.82) is 0 Å².